The summed E-state index contributed by atoms with van der Waals surface area (Å²) in [6.45, 7) is 0. The molecule has 1 aliphatic rings. The van der Waals surface area contributed by atoms with Crippen LogP contribution in [0.4, 0.5) is 0 Å². The van der Waals surface area contributed by atoms with Gasteiger partial charge >= 0.3 is 0 Å². The first kappa shape index (κ1) is 9.66. The number of nitrogens with one attached hydrogen (secondary N) is 1. The van der Waals surface area contributed by atoms with E-state index in [1.807, 2.05) is 30.3 Å². The quantitative estimate of drug-likeness (QED) is 0.816. The lowest BCUT2D eigenvalue weighted by Crippen LogP contribution is -2.15. The summed E-state index contributed by atoms with van der Waals surface area (Å²) in [5.41, 5.74) is 2.74. The molecular weight excluding hydrogens is 220 g/mol. The van der Waals surface area contributed by atoms with Gasteiger partial charge in [0.1, 0.15) is 5.82 Å². The molecule has 1 aliphatic heterocycles. The van der Waals surface area contributed by atoms with Gasteiger partial charge in [0, 0.05) is 22.6 Å². The predicted octanol–water partition coefficient (Wildman–Crippen LogP) is 2.18. The third-order valence-electron chi connectivity index (χ3n) is 2.63. The van der Waals surface area contributed by atoms with Crippen LogP contribution in [0.25, 0.3) is 11.4 Å². The minimum atomic E-state index is 0.00820. The zero-order valence-corrected chi connectivity index (χ0v) is 9.38. The highest BCUT2D eigenvalue weighted by Gasteiger charge is 2.17. The molecule has 4 heteroatoms. The third-order valence-corrected chi connectivity index (χ3v) is 3.60. The van der Waals surface area contributed by atoms with Crippen molar-refractivity contribution >= 4 is 11.8 Å². The van der Waals surface area contributed by atoms with E-state index in [0.717, 1.165) is 28.3 Å². The molecule has 0 fully saturated rings. The zero-order chi connectivity index (χ0) is 11.0. The van der Waals surface area contributed by atoms with Gasteiger partial charge in [-0.05, 0) is 0 Å². The van der Waals surface area contributed by atoms with Crippen molar-refractivity contribution in [3.05, 3.63) is 51.9 Å². The molecule has 0 aliphatic carbocycles. The fourth-order valence-electron chi connectivity index (χ4n) is 1.80. The second-order valence-corrected chi connectivity index (χ2v) is 4.68. The Morgan fingerprint density at radius 3 is 2.81 bits per heavy atom. The number of aromatic amines is 1. The van der Waals surface area contributed by atoms with Crippen LogP contribution in [0.5, 0.6) is 0 Å². The van der Waals surface area contributed by atoms with Crippen molar-refractivity contribution in [3.63, 3.8) is 0 Å². The molecule has 1 aromatic heterocycles. The molecule has 0 radical (unpaired) electrons. The molecule has 1 N–H and O–H groups in total. The van der Waals surface area contributed by atoms with Crippen LogP contribution in [-0.2, 0) is 11.5 Å². The molecule has 0 spiro atoms. The van der Waals surface area contributed by atoms with Gasteiger partial charge in [0.2, 0.25) is 0 Å². The molecule has 0 unspecified atom stereocenters. The number of hydrogen-bond acceptors (Lipinski definition) is 3. The Kier molecular flexibility index (Phi) is 2.29. The van der Waals surface area contributed by atoms with Crippen LogP contribution in [0.3, 0.4) is 0 Å². The lowest BCUT2D eigenvalue weighted by atomic mass is 10.2. The lowest BCUT2D eigenvalue weighted by Gasteiger charge is -2.02. The molecule has 1 aromatic carbocycles. The largest absolute Gasteiger partial charge is 0.306 e. The normalized spacial score (nSPS) is 13.8. The van der Waals surface area contributed by atoms with Crippen molar-refractivity contribution in [2.75, 3.05) is 0 Å². The molecule has 0 amide bonds. The Morgan fingerprint density at radius 2 is 2.00 bits per heavy atom. The number of nitrogens with zero attached hydrogens (tertiary/aromatic N) is 1. The fourth-order valence-corrected chi connectivity index (χ4v) is 2.83. The van der Waals surface area contributed by atoms with E-state index in [9.17, 15) is 4.79 Å². The molecule has 3 rings (SSSR count). The predicted molar refractivity (Wildman–Crippen MR) is 65.3 cm³/mol. The van der Waals surface area contributed by atoms with E-state index in [-0.39, 0.29) is 5.56 Å². The van der Waals surface area contributed by atoms with Crippen molar-refractivity contribution in [2.24, 2.45) is 0 Å². The van der Waals surface area contributed by atoms with E-state index in [2.05, 4.69) is 9.97 Å². The van der Waals surface area contributed by atoms with Gasteiger partial charge in [0.05, 0.1) is 5.69 Å². The maximum atomic E-state index is 11.8. The molecule has 0 saturated carbocycles. The van der Waals surface area contributed by atoms with Crippen LogP contribution in [0.1, 0.15) is 11.3 Å². The summed E-state index contributed by atoms with van der Waals surface area (Å²) in [5.74, 6) is 2.30. The van der Waals surface area contributed by atoms with Crippen molar-refractivity contribution in [2.45, 2.75) is 11.5 Å². The van der Waals surface area contributed by atoms with Gasteiger partial charge in [-0.15, -0.1) is 0 Å². The Morgan fingerprint density at radius 1 is 1.19 bits per heavy atom. The van der Waals surface area contributed by atoms with Crippen LogP contribution < -0.4 is 5.56 Å². The number of rotatable bonds is 1. The van der Waals surface area contributed by atoms with E-state index in [1.54, 1.807) is 11.8 Å². The second-order valence-electron chi connectivity index (χ2n) is 3.70. The number of fused-ring (bicyclic) bond motifs is 1. The molecule has 3 nitrogen and oxygen atoms in total. The van der Waals surface area contributed by atoms with E-state index >= 15 is 0 Å². The SMILES string of the molecule is O=c1[nH]c(-c2ccccc2)nc2c1CSC2. The van der Waals surface area contributed by atoms with Crippen molar-refractivity contribution in [3.8, 4) is 11.4 Å². The molecule has 0 atom stereocenters. The standard InChI is InChI=1S/C12H10N2OS/c15-12-9-6-16-7-10(9)13-11(14-12)8-4-2-1-3-5-8/h1-5H,6-7H2,(H,13,14,15). The van der Waals surface area contributed by atoms with Crippen LogP contribution in [-0.4, -0.2) is 9.97 Å². The van der Waals surface area contributed by atoms with Crippen LogP contribution in [0.15, 0.2) is 35.1 Å². The first-order chi connectivity index (χ1) is 7.84. The highest BCUT2D eigenvalue weighted by molar-refractivity contribution is 7.98. The average molecular weight is 230 g/mol. The van der Waals surface area contributed by atoms with Crippen LogP contribution in [0, 0.1) is 0 Å². The van der Waals surface area contributed by atoms with Crippen molar-refractivity contribution in [1.29, 1.82) is 0 Å². The van der Waals surface area contributed by atoms with Gasteiger partial charge in [-0.2, -0.15) is 11.8 Å². The van der Waals surface area contributed by atoms with Crippen LogP contribution >= 0.6 is 11.8 Å². The second kappa shape index (κ2) is 3.79. The molecule has 16 heavy (non-hydrogen) atoms. The summed E-state index contributed by atoms with van der Waals surface area (Å²) in [7, 11) is 0. The molecule has 0 bridgehead atoms. The van der Waals surface area contributed by atoms with Crippen molar-refractivity contribution in [1.82, 2.24) is 9.97 Å². The highest BCUT2D eigenvalue weighted by Crippen LogP contribution is 2.26. The summed E-state index contributed by atoms with van der Waals surface area (Å²) < 4.78 is 0. The number of thioether (sulfide) groups is 1. The summed E-state index contributed by atoms with van der Waals surface area (Å²) in [5, 5.41) is 0. The molecule has 2 heterocycles. The van der Waals surface area contributed by atoms with Crippen LogP contribution in [0.2, 0.25) is 0 Å². The van der Waals surface area contributed by atoms with Gasteiger partial charge < -0.3 is 4.98 Å². The van der Waals surface area contributed by atoms with E-state index in [1.165, 1.54) is 0 Å². The van der Waals surface area contributed by atoms with Gasteiger partial charge in [-0.1, -0.05) is 30.3 Å². The first-order valence-electron chi connectivity index (χ1n) is 5.10. The van der Waals surface area contributed by atoms with Gasteiger partial charge in [-0.25, -0.2) is 4.98 Å². The number of aromatic nitrogens is 2. The summed E-state index contributed by atoms with van der Waals surface area (Å²) >= 11 is 1.74. The molecular formula is C12H10N2OS. The minimum Gasteiger partial charge on any atom is -0.306 e. The molecule has 0 saturated heterocycles. The summed E-state index contributed by atoms with van der Waals surface area (Å²) in [6, 6.07) is 9.74. The topological polar surface area (TPSA) is 45.8 Å². The molecule has 2 aromatic rings. The molecule has 80 valence electrons. The Hall–Kier alpha value is -1.55. The maximum absolute atomic E-state index is 11.8. The summed E-state index contributed by atoms with van der Waals surface area (Å²) in [6.07, 6.45) is 0. The minimum absolute atomic E-state index is 0.00820. The fraction of sp³-hybridized carbons (Fsp3) is 0.167. The van der Waals surface area contributed by atoms with E-state index in [4.69, 9.17) is 0 Å². The van der Waals surface area contributed by atoms with E-state index in [0.29, 0.717) is 5.82 Å². The monoisotopic (exact) mass is 230 g/mol. The summed E-state index contributed by atoms with van der Waals surface area (Å²) in [4.78, 5) is 19.1. The number of hydrogen-bond donors (Lipinski definition) is 1. The highest BCUT2D eigenvalue weighted by atomic mass is 32.2. The number of benzene rings is 1. The van der Waals surface area contributed by atoms with Gasteiger partial charge in [0.25, 0.3) is 5.56 Å². The first-order valence-corrected chi connectivity index (χ1v) is 6.25. The zero-order valence-electron chi connectivity index (χ0n) is 8.56. The smallest absolute Gasteiger partial charge is 0.255 e. The average Bonchev–Trinajstić information content (AvgIpc) is 2.79. The maximum Gasteiger partial charge on any atom is 0.255 e. The lowest BCUT2D eigenvalue weighted by molar-refractivity contribution is 1.03. The Bertz CT molecular complexity index is 577. The number of H-pyrrole nitrogens is 1. The van der Waals surface area contributed by atoms with Gasteiger partial charge in [0.15, 0.2) is 0 Å². The van der Waals surface area contributed by atoms with E-state index < -0.39 is 0 Å². The Labute approximate surface area is 96.9 Å². The Balaban J connectivity index is 2.17. The van der Waals surface area contributed by atoms with Crippen molar-refractivity contribution < 1.29 is 0 Å². The van der Waals surface area contributed by atoms with Gasteiger partial charge in [-0.3, -0.25) is 4.79 Å². The third kappa shape index (κ3) is 1.55.